The molecule has 190 valence electrons. The van der Waals surface area contributed by atoms with Crippen molar-refractivity contribution in [1.29, 1.82) is 0 Å². The quantitative estimate of drug-likeness (QED) is 0.176. The van der Waals surface area contributed by atoms with Gasteiger partial charge < -0.3 is 18.9 Å². The van der Waals surface area contributed by atoms with Crippen LogP contribution in [0.4, 0.5) is 11.4 Å². The third-order valence-electron chi connectivity index (χ3n) is 4.45. The Morgan fingerprint density at radius 2 is 1.49 bits per heavy atom. The Bertz CT molecular complexity index is 1060. The van der Waals surface area contributed by atoms with Crippen molar-refractivity contribution in [1.82, 2.24) is 0 Å². The van der Waals surface area contributed by atoms with Crippen LogP contribution in [0.15, 0.2) is 40.6 Å². The van der Waals surface area contributed by atoms with Gasteiger partial charge in [-0.25, -0.2) is 4.42 Å². The minimum Gasteiger partial charge on any atom is -0.494 e. The smallest absolute Gasteiger partial charge is 0.276 e. The Kier molecular flexibility index (Phi) is 11.1. The largest absolute Gasteiger partial charge is 0.494 e. The Hall–Kier alpha value is -3.04. The molecule has 2 aromatic rings. The van der Waals surface area contributed by atoms with Crippen molar-refractivity contribution in [3.05, 3.63) is 35.4 Å². The van der Waals surface area contributed by atoms with Crippen molar-refractivity contribution in [2.24, 2.45) is 10.2 Å². The first kappa shape index (κ1) is 28.2. The standard InChI is InChI=1S/C24H29Cl2N3O6/c1-6-32-17-13-18(22(25)21(14-17)35-9-4)27-28-23(15(5)30)24(31)29(26)16-10-11-19(33-7-2)20(12-16)34-8-3/h10-14,23H,6-9H2,1-5H3. The van der Waals surface area contributed by atoms with Gasteiger partial charge in [-0.05, 0) is 46.8 Å². The SMILES string of the molecule is CCOc1cc(N=NC(C(C)=O)C(=O)N(Cl)c2ccc(OCC)c(OCC)c2)c(Cl)c(OCC)c1. The van der Waals surface area contributed by atoms with Crippen LogP contribution in [0, 0.1) is 0 Å². The molecule has 0 N–H and O–H groups in total. The molecule has 1 atom stereocenters. The van der Waals surface area contributed by atoms with Crippen LogP contribution in [0.2, 0.25) is 5.02 Å². The number of ketones is 1. The van der Waals surface area contributed by atoms with Crippen LogP contribution in [0.3, 0.4) is 0 Å². The molecular formula is C24H29Cl2N3O6. The van der Waals surface area contributed by atoms with E-state index in [0.717, 1.165) is 4.42 Å². The van der Waals surface area contributed by atoms with Gasteiger partial charge in [0, 0.05) is 30.0 Å². The van der Waals surface area contributed by atoms with Gasteiger partial charge in [-0.1, -0.05) is 11.6 Å². The molecule has 0 aromatic heterocycles. The molecule has 0 heterocycles. The zero-order chi connectivity index (χ0) is 26.0. The maximum absolute atomic E-state index is 13.1. The fraction of sp³-hybridized carbons (Fsp3) is 0.417. The van der Waals surface area contributed by atoms with E-state index in [-0.39, 0.29) is 16.4 Å². The minimum atomic E-state index is -1.50. The molecule has 1 amide bonds. The van der Waals surface area contributed by atoms with E-state index in [0.29, 0.717) is 49.4 Å². The summed E-state index contributed by atoms with van der Waals surface area (Å²) in [7, 11) is 0. The van der Waals surface area contributed by atoms with E-state index < -0.39 is 17.7 Å². The van der Waals surface area contributed by atoms with Gasteiger partial charge in [0.05, 0.1) is 32.1 Å². The highest BCUT2D eigenvalue weighted by Gasteiger charge is 2.29. The number of Topliss-reactive ketones (excluding diaryl/α,β-unsaturated/α-hetero) is 1. The van der Waals surface area contributed by atoms with E-state index in [1.165, 1.54) is 6.92 Å². The van der Waals surface area contributed by atoms with Crippen molar-refractivity contribution in [3.63, 3.8) is 0 Å². The van der Waals surface area contributed by atoms with E-state index >= 15 is 0 Å². The van der Waals surface area contributed by atoms with Crippen LogP contribution in [0.5, 0.6) is 23.0 Å². The highest BCUT2D eigenvalue weighted by molar-refractivity contribution is 6.39. The molecule has 0 saturated heterocycles. The van der Waals surface area contributed by atoms with Crippen molar-refractivity contribution in [3.8, 4) is 23.0 Å². The number of halogens is 2. The van der Waals surface area contributed by atoms with E-state index in [1.807, 2.05) is 27.7 Å². The third kappa shape index (κ3) is 7.47. The van der Waals surface area contributed by atoms with Gasteiger partial charge in [0.1, 0.15) is 22.2 Å². The summed E-state index contributed by atoms with van der Waals surface area (Å²) in [5, 5.41) is 8.19. The number of anilines is 1. The second kappa shape index (κ2) is 13.7. The molecule has 0 aliphatic rings. The molecule has 0 spiro atoms. The molecule has 0 bridgehead atoms. The van der Waals surface area contributed by atoms with Crippen molar-refractivity contribution < 1.29 is 28.5 Å². The molecule has 1 unspecified atom stereocenters. The fourth-order valence-corrected chi connectivity index (χ4v) is 3.36. The molecule has 2 aromatic carbocycles. The summed E-state index contributed by atoms with van der Waals surface area (Å²) in [4.78, 5) is 25.4. The number of rotatable bonds is 13. The first-order valence-electron chi connectivity index (χ1n) is 11.2. The van der Waals surface area contributed by atoms with Crippen LogP contribution in [0.1, 0.15) is 34.6 Å². The monoisotopic (exact) mass is 525 g/mol. The zero-order valence-corrected chi connectivity index (χ0v) is 21.9. The number of azo groups is 1. The number of ether oxygens (including phenoxy) is 4. The van der Waals surface area contributed by atoms with Gasteiger partial charge in [0.2, 0.25) is 6.04 Å². The molecule has 2 rings (SSSR count). The number of carbonyl (C=O) groups excluding carboxylic acids is 2. The number of hydrogen-bond acceptors (Lipinski definition) is 8. The Morgan fingerprint density at radius 1 is 0.886 bits per heavy atom. The van der Waals surface area contributed by atoms with Crippen molar-refractivity contribution >= 4 is 46.4 Å². The lowest BCUT2D eigenvalue weighted by atomic mass is 10.2. The number of benzene rings is 2. The van der Waals surface area contributed by atoms with Gasteiger partial charge in [-0.15, -0.1) is 0 Å². The second-order valence-electron chi connectivity index (χ2n) is 6.97. The van der Waals surface area contributed by atoms with E-state index in [4.69, 9.17) is 42.3 Å². The maximum Gasteiger partial charge on any atom is 0.276 e. The Morgan fingerprint density at radius 3 is 2.09 bits per heavy atom. The molecule has 35 heavy (non-hydrogen) atoms. The molecular weight excluding hydrogens is 497 g/mol. The Balaban J connectivity index is 2.37. The van der Waals surface area contributed by atoms with Crippen LogP contribution in [-0.4, -0.2) is 44.2 Å². The van der Waals surface area contributed by atoms with Crippen molar-refractivity contribution in [2.45, 2.75) is 40.7 Å². The highest BCUT2D eigenvalue weighted by Crippen LogP contribution is 2.39. The Labute approximate surface area is 215 Å². The average molecular weight is 526 g/mol. The highest BCUT2D eigenvalue weighted by atomic mass is 35.5. The second-order valence-corrected chi connectivity index (χ2v) is 7.68. The first-order chi connectivity index (χ1) is 16.8. The first-order valence-corrected chi connectivity index (χ1v) is 11.9. The predicted octanol–water partition coefficient (Wildman–Crippen LogP) is 6.16. The van der Waals surface area contributed by atoms with E-state index in [9.17, 15) is 9.59 Å². The van der Waals surface area contributed by atoms with Gasteiger partial charge in [-0.3, -0.25) is 9.59 Å². The van der Waals surface area contributed by atoms with Gasteiger partial charge in [0.25, 0.3) is 5.91 Å². The zero-order valence-electron chi connectivity index (χ0n) is 20.3. The molecule has 9 nitrogen and oxygen atoms in total. The lowest BCUT2D eigenvalue weighted by molar-refractivity contribution is -0.126. The number of carbonyl (C=O) groups is 2. The topological polar surface area (TPSA) is 99.0 Å². The summed E-state index contributed by atoms with van der Waals surface area (Å²) in [5.41, 5.74) is 0.459. The normalized spacial score (nSPS) is 11.7. The van der Waals surface area contributed by atoms with Crippen LogP contribution < -0.4 is 23.4 Å². The predicted molar refractivity (Wildman–Crippen MR) is 135 cm³/mol. The summed E-state index contributed by atoms with van der Waals surface area (Å²) in [6.45, 7) is 10.1. The summed E-state index contributed by atoms with van der Waals surface area (Å²) in [5.74, 6) is 0.370. The van der Waals surface area contributed by atoms with Crippen LogP contribution in [0.25, 0.3) is 0 Å². The summed E-state index contributed by atoms with van der Waals surface area (Å²) >= 11 is 12.7. The molecule has 0 aliphatic carbocycles. The van der Waals surface area contributed by atoms with Crippen LogP contribution in [-0.2, 0) is 9.59 Å². The van der Waals surface area contributed by atoms with Gasteiger partial charge in [-0.2, -0.15) is 10.2 Å². The van der Waals surface area contributed by atoms with E-state index in [2.05, 4.69) is 10.2 Å². The molecule has 0 fully saturated rings. The lowest BCUT2D eigenvalue weighted by Crippen LogP contribution is -2.36. The maximum atomic E-state index is 13.1. The number of hydrogen-bond donors (Lipinski definition) is 0. The lowest BCUT2D eigenvalue weighted by Gasteiger charge is -2.19. The van der Waals surface area contributed by atoms with Crippen molar-refractivity contribution in [2.75, 3.05) is 30.8 Å². The van der Waals surface area contributed by atoms with Gasteiger partial charge >= 0.3 is 0 Å². The molecule has 0 aliphatic heterocycles. The summed E-state index contributed by atoms with van der Waals surface area (Å²) in [6.07, 6.45) is 0. The molecule has 0 saturated carbocycles. The summed E-state index contributed by atoms with van der Waals surface area (Å²) < 4.78 is 22.9. The third-order valence-corrected chi connectivity index (χ3v) is 5.19. The van der Waals surface area contributed by atoms with Gasteiger partial charge in [0.15, 0.2) is 17.3 Å². The van der Waals surface area contributed by atoms with E-state index in [1.54, 1.807) is 30.3 Å². The number of nitrogens with zero attached hydrogens (tertiary/aromatic N) is 3. The number of amides is 1. The average Bonchev–Trinajstić information content (AvgIpc) is 2.82. The minimum absolute atomic E-state index is 0.171. The van der Waals surface area contributed by atoms with Crippen LogP contribution >= 0.6 is 23.4 Å². The fourth-order valence-electron chi connectivity index (χ4n) is 2.96. The summed E-state index contributed by atoms with van der Waals surface area (Å²) in [6, 6.07) is 6.42. The molecule has 11 heteroatoms. The molecule has 0 radical (unpaired) electrons.